The molecule has 0 bridgehead atoms. The molecule has 8 heteroatoms. The molecule has 0 aliphatic carbocycles. The molecular formula is C13H15FN2O3S2. The second-order valence-electron chi connectivity index (χ2n) is 4.59. The van der Waals surface area contributed by atoms with E-state index in [1.807, 2.05) is 12.3 Å². The molecule has 0 saturated heterocycles. The Morgan fingerprint density at radius 2 is 2.19 bits per heavy atom. The number of aromatic nitrogens is 1. The third kappa shape index (κ3) is 3.65. The summed E-state index contributed by atoms with van der Waals surface area (Å²) in [5.41, 5.74) is 1.12. The van der Waals surface area contributed by atoms with E-state index in [0.717, 1.165) is 17.8 Å². The quantitative estimate of drug-likeness (QED) is 0.880. The van der Waals surface area contributed by atoms with Crippen molar-refractivity contribution < 1.29 is 17.9 Å². The summed E-state index contributed by atoms with van der Waals surface area (Å²) in [6, 6.07) is 2.97. The minimum atomic E-state index is -3.99. The normalized spacial score (nSPS) is 13.3. The van der Waals surface area contributed by atoms with Crippen LogP contribution in [0.15, 0.2) is 28.5 Å². The Kier molecular flexibility index (Phi) is 4.72. The molecule has 1 aromatic carbocycles. The molecule has 0 amide bonds. The number of thiazole rings is 1. The van der Waals surface area contributed by atoms with E-state index in [1.54, 1.807) is 6.92 Å². The first-order valence-corrected chi connectivity index (χ1v) is 8.53. The van der Waals surface area contributed by atoms with E-state index in [-0.39, 0.29) is 6.61 Å². The highest BCUT2D eigenvalue weighted by molar-refractivity contribution is 7.89. The number of hydrogen-bond donors (Lipinski definition) is 2. The lowest BCUT2D eigenvalue weighted by Crippen LogP contribution is -2.27. The molecule has 0 fully saturated rings. The zero-order chi connectivity index (χ0) is 15.6. The van der Waals surface area contributed by atoms with Gasteiger partial charge in [0.2, 0.25) is 10.0 Å². The van der Waals surface area contributed by atoms with Crippen LogP contribution in [0.2, 0.25) is 0 Å². The fourth-order valence-corrected chi connectivity index (χ4v) is 3.92. The monoisotopic (exact) mass is 330 g/mol. The SMILES string of the molecule is Cc1csc(C(C)NS(=O)(=O)c2ccc(CO)cc2F)n1. The first-order chi connectivity index (χ1) is 9.83. The van der Waals surface area contributed by atoms with Crippen LogP contribution in [0, 0.1) is 12.7 Å². The smallest absolute Gasteiger partial charge is 0.244 e. The largest absolute Gasteiger partial charge is 0.392 e. The second kappa shape index (κ2) is 6.18. The number of sulfonamides is 1. The number of aryl methyl sites for hydroxylation is 1. The van der Waals surface area contributed by atoms with Crippen LogP contribution in [-0.4, -0.2) is 18.5 Å². The van der Waals surface area contributed by atoms with Gasteiger partial charge in [-0.15, -0.1) is 11.3 Å². The molecule has 1 heterocycles. The molecule has 0 aliphatic rings. The van der Waals surface area contributed by atoms with Gasteiger partial charge in [0.25, 0.3) is 0 Å². The maximum Gasteiger partial charge on any atom is 0.244 e. The Balaban J connectivity index is 2.26. The number of rotatable bonds is 5. The predicted molar refractivity (Wildman–Crippen MR) is 77.9 cm³/mol. The lowest BCUT2D eigenvalue weighted by Gasteiger charge is -2.13. The standard InChI is InChI=1S/C13H15FN2O3S2/c1-8-7-20-13(15-8)9(2)16-21(18,19)12-4-3-10(6-17)5-11(12)14/h3-5,7,9,16-17H,6H2,1-2H3. The maximum absolute atomic E-state index is 13.8. The number of aliphatic hydroxyl groups excluding tert-OH is 1. The number of halogens is 1. The Hall–Kier alpha value is -1.35. The van der Waals surface area contributed by atoms with Crippen molar-refractivity contribution in [3.05, 3.63) is 45.7 Å². The van der Waals surface area contributed by atoms with Crippen LogP contribution in [0.4, 0.5) is 4.39 Å². The highest BCUT2D eigenvalue weighted by atomic mass is 32.2. The fraction of sp³-hybridized carbons (Fsp3) is 0.308. The molecular weight excluding hydrogens is 315 g/mol. The summed E-state index contributed by atoms with van der Waals surface area (Å²) in [7, 11) is -3.99. The number of hydrogen-bond acceptors (Lipinski definition) is 5. The molecule has 1 atom stereocenters. The van der Waals surface area contributed by atoms with Crippen molar-refractivity contribution in [2.75, 3.05) is 0 Å². The highest BCUT2D eigenvalue weighted by Gasteiger charge is 2.23. The number of nitrogens with one attached hydrogen (secondary N) is 1. The average molecular weight is 330 g/mol. The predicted octanol–water partition coefficient (Wildman–Crippen LogP) is 2.12. The van der Waals surface area contributed by atoms with Gasteiger partial charge in [-0.25, -0.2) is 22.5 Å². The fourth-order valence-electron chi connectivity index (χ4n) is 1.78. The minimum Gasteiger partial charge on any atom is -0.392 e. The Morgan fingerprint density at radius 1 is 1.48 bits per heavy atom. The third-order valence-corrected chi connectivity index (χ3v) is 5.53. The summed E-state index contributed by atoms with van der Waals surface area (Å²) in [4.78, 5) is 3.76. The van der Waals surface area contributed by atoms with Crippen LogP contribution in [-0.2, 0) is 16.6 Å². The van der Waals surface area contributed by atoms with Crippen molar-refractivity contribution in [1.29, 1.82) is 0 Å². The molecule has 2 aromatic rings. The van der Waals surface area contributed by atoms with Crippen molar-refractivity contribution in [2.45, 2.75) is 31.4 Å². The Morgan fingerprint density at radius 3 is 2.71 bits per heavy atom. The van der Waals surface area contributed by atoms with Gasteiger partial charge < -0.3 is 5.11 Å². The van der Waals surface area contributed by atoms with Crippen LogP contribution in [0.1, 0.15) is 29.2 Å². The van der Waals surface area contributed by atoms with Crippen LogP contribution in [0.3, 0.4) is 0 Å². The molecule has 2 N–H and O–H groups in total. The summed E-state index contributed by atoms with van der Waals surface area (Å²) >= 11 is 1.34. The summed E-state index contributed by atoms with van der Waals surface area (Å²) in [5.74, 6) is -0.892. The zero-order valence-corrected chi connectivity index (χ0v) is 13.1. The van der Waals surface area contributed by atoms with Gasteiger partial charge in [0.1, 0.15) is 15.7 Å². The molecule has 114 valence electrons. The van der Waals surface area contributed by atoms with Crippen molar-refractivity contribution in [1.82, 2.24) is 9.71 Å². The van der Waals surface area contributed by atoms with Crippen molar-refractivity contribution >= 4 is 21.4 Å². The number of benzene rings is 1. The first-order valence-electron chi connectivity index (χ1n) is 6.17. The molecule has 0 radical (unpaired) electrons. The second-order valence-corrected chi connectivity index (χ2v) is 7.17. The molecule has 0 spiro atoms. The average Bonchev–Trinajstić information content (AvgIpc) is 2.84. The maximum atomic E-state index is 13.8. The molecule has 21 heavy (non-hydrogen) atoms. The molecule has 2 rings (SSSR count). The van der Waals surface area contributed by atoms with E-state index < -0.39 is 26.8 Å². The van der Waals surface area contributed by atoms with E-state index in [2.05, 4.69) is 9.71 Å². The van der Waals surface area contributed by atoms with E-state index in [4.69, 9.17) is 5.11 Å². The minimum absolute atomic E-state index is 0.315. The first kappa shape index (κ1) is 16.0. The topological polar surface area (TPSA) is 79.3 Å². The third-order valence-electron chi connectivity index (χ3n) is 2.81. The zero-order valence-electron chi connectivity index (χ0n) is 11.5. The Labute approximate surface area is 126 Å². The number of aliphatic hydroxyl groups is 1. The Bertz CT molecular complexity index is 744. The number of nitrogens with zero attached hydrogens (tertiary/aromatic N) is 1. The van der Waals surface area contributed by atoms with E-state index in [0.29, 0.717) is 10.6 Å². The van der Waals surface area contributed by atoms with Gasteiger partial charge in [-0.3, -0.25) is 0 Å². The van der Waals surface area contributed by atoms with E-state index >= 15 is 0 Å². The molecule has 1 unspecified atom stereocenters. The van der Waals surface area contributed by atoms with Crippen LogP contribution >= 0.6 is 11.3 Å². The molecule has 0 aliphatic heterocycles. The van der Waals surface area contributed by atoms with Crippen LogP contribution in [0.5, 0.6) is 0 Å². The summed E-state index contributed by atoms with van der Waals surface area (Å²) in [6.45, 7) is 3.11. The summed E-state index contributed by atoms with van der Waals surface area (Å²) < 4.78 is 40.7. The van der Waals surface area contributed by atoms with E-state index in [1.165, 1.54) is 17.4 Å². The summed E-state index contributed by atoms with van der Waals surface area (Å²) in [5, 5.41) is 11.3. The van der Waals surface area contributed by atoms with E-state index in [9.17, 15) is 12.8 Å². The lowest BCUT2D eigenvalue weighted by atomic mass is 10.2. The van der Waals surface area contributed by atoms with Gasteiger partial charge in [-0.2, -0.15) is 0 Å². The van der Waals surface area contributed by atoms with Gasteiger partial charge in [0.15, 0.2) is 0 Å². The van der Waals surface area contributed by atoms with Gasteiger partial charge in [-0.1, -0.05) is 6.07 Å². The molecule has 1 aromatic heterocycles. The van der Waals surface area contributed by atoms with Gasteiger partial charge in [-0.05, 0) is 31.5 Å². The van der Waals surface area contributed by atoms with Gasteiger partial charge in [0.05, 0.1) is 12.6 Å². The van der Waals surface area contributed by atoms with Gasteiger partial charge >= 0.3 is 0 Å². The highest BCUT2D eigenvalue weighted by Crippen LogP contribution is 2.22. The van der Waals surface area contributed by atoms with Crippen molar-refractivity contribution in [3.8, 4) is 0 Å². The van der Waals surface area contributed by atoms with Gasteiger partial charge in [0, 0.05) is 11.1 Å². The molecule has 0 saturated carbocycles. The molecule has 5 nitrogen and oxygen atoms in total. The van der Waals surface area contributed by atoms with Crippen LogP contribution in [0.25, 0.3) is 0 Å². The lowest BCUT2D eigenvalue weighted by molar-refractivity contribution is 0.281. The van der Waals surface area contributed by atoms with Crippen molar-refractivity contribution in [3.63, 3.8) is 0 Å². The summed E-state index contributed by atoms with van der Waals surface area (Å²) in [6.07, 6.45) is 0. The van der Waals surface area contributed by atoms with Crippen molar-refractivity contribution in [2.24, 2.45) is 0 Å². The van der Waals surface area contributed by atoms with Crippen LogP contribution < -0.4 is 4.72 Å².